The van der Waals surface area contributed by atoms with Crippen molar-refractivity contribution in [2.45, 2.75) is 58.2 Å². The summed E-state index contributed by atoms with van der Waals surface area (Å²) >= 11 is 0. The Bertz CT molecular complexity index is 581. The lowest BCUT2D eigenvalue weighted by molar-refractivity contribution is -0.147. The number of piperidine rings is 1. The Morgan fingerprint density at radius 1 is 0.821 bits per heavy atom. The number of carbonyl (C=O) groups is 3. The number of ether oxygens (including phenoxy) is 2. The first kappa shape index (κ1) is 20.9. The molecule has 0 aromatic rings. The van der Waals surface area contributed by atoms with Gasteiger partial charge in [0.1, 0.15) is 11.7 Å². The van der Waals surface area contributed by atoms with Crippen molar-refractivity contribution in [3.05, 3.63) is 0 Å². The second-order valence-corrected chi connectivity index (χ2v) is 8.89. The van der Waals surface area contributed by atoms with Crippen molar-refractivity contribution in [3.8, 4) is 0 Å². The molecule has 8 heteroatoms. The number of nitrogens with zero attached hydrogens (tertiary/aromatic N) is 3. The van der Waals surface area contributed by atoms with Gasteiger partial charge in [0.2, 0.25) is 5.91 Å². The zero-order chi connectivity index (χ0) is 20.3. The van der Waals surface area contributed by atoms with E-state index in [0.717, 1.165) is 12.8 Å². The number of rotatable bonds is 2. The molecule has 0 aromatic heterocycles. The first-order valence-corrected chi connectivity index (χ1v) is 10.4. The highest BCUT2D eigenvalue weighted by atomic mass is 16.6. The molecule has 0 bridgehead atoms. The lowest BCUT2D eigenvalue weighted by Crippen LogP contribution is -2.54. The topological polar surface area (TPSA) is 79.4 Å². The molecular formula is C20H33N3O5. The predicted octanol–water partition coefficient (Wildman–Crippen LogP) is 1.48. The van der Waals surface area contributed by atoms with Crippen LogP contribution >= 0.6 is 0 Å². The van der Waals surface area contributed by atoms with E-state index in [1.165, 1.54) is 0 Å². The van der Waals surface area contributed by atoms with E-state index in [0.29, 0.717) is 58.7 Å². The van der Waals surface area contributed by atoms with Gasteiger partial charge in [0, 0.05) is 51.8 Å². The molecule has 0 N–H and O–H groups in total. The Balaban J connectivity index is 1.42. The van der Waals surface area contributed by atoms with Crippen molar-refractivity contribution in [1.29, 1.82) is 0 Å². The van der Waals surface area contributed by atoms with Crippen LogP contribution in [-0.2, 0) is 19.1 Å². The van der Waals surface area contributed by atoms with Gasteiger partial charge in [-0.2, -0.15) is 0 Å². The molecule has 8 nitrogen and oxygen atoms in total. The van der Waals surface area contributed by atoms with Crippen molar-refractivity contribution < 1.29 is 23.9 Å². The van der Waals surface area contributed by atoms with E-state index >= 15 is 0 Å². The van der Waals surface area contributed by atoms with Crippen LogP contribution in [0.15, 0.2) is 0 Å². The van der Waals surface area contributed by atoms with Gasteiger partial charge < -0.3 is 24.2 Å². The zero-order valence-electron chi connectivity index (χ0n) is 17.3. The molecule has 158 valence electrons. The van der Waals surface area contributed by atoms with Crippen LogP contribution < -0.4 is 0 Å². The summed E-state index contributed by atoms with van der Waals surface area (Å²) < 4.78 is 10.9. The highest BCUT2D eigenvalue weighted by Gasteiger charge is 2.35. The summed E-state index contributed by atoms with van der Waals surface area (Å²) in [6.45, 7) is 9.59. The number of carbonyl (C=O) groups excluding carboxylic acids is 3. The Kier molecular flexibility index (Phi) is 6.47. The molecule has 0 aliphatic carbocycles. The predicted molar refractivity (Wildman–Crippen MR) is 103 cm³/mol. The summed E-state index contributed by atoms with van der Waals surface area (Å²) in [6.07, 6.45) is 2.46. The molecule has 3 amide bonds. The van der Waals surface area contributed by atoms with Crippen LogP contribution in [0.4, 0.5) is 4.79 Å². The number of piperazine rings is 1. The van der Waals surface area contributed by atoms with Crippen molar-refractivity contribution in [2.75, 3.05) is 45.9 Å². The lowest BCUT2D eigenvalue weighted by atomic mass is 9.95. The fraction of sp³-hybridized carbons (Fsp3) is 0.850. The Hall–Kier alpha value is -1.83. The zero-order valence-corrected chi connectivity index (χ0v) is 17.3. The maximum absolute atomic E-state index is 12.9. The van der Waals surface area contributed by atoms with Gasteiger partial charge in [-0.05, 0) is 46.5 Å². The quantitative estimate of drug-likeness (QED) is 0.708. The van der Waals surface area contributed by atoms with Crippen LogP contribution in [0, 0.1) is 5.92 Å². The Labute approximate surface area is 167 Å². The molecule has 3 aliphatic rings. The highest BCUT2D eigenvalue weighted by Crippen LogP contribution is 2.23. The van der Waals surface area contributed by atoms with Gasteiger partial charge in [0.25, 0.3) is 5.91 Å². The van der Waals surface area contributed by atoms with Crippen molar-refractivity contribution in [3.63, 3.8) is 0 Å². The highest BCUT2D eigenvalue weighted by molar-refractivity contribution is 5.82. The van der Waals surface area contributed by atoms with E-state index in [1.807, 2.05) is 30.6 Å². The second-order valence-electron chi connectivity index (χ2n) is 8.89. The molecule has 0 radical (unpaired) electrons. The third-order valence-electron chi connectivity index (χ3n) is 5.60. The third kappa shape index (κ3) is 5.16. The Morgan fingerprint density at radius 3 is 1.89 bits per heavy atom. The van der Waals surface area contributed by atoms with Crippen LogP contribution in [0.25, 0.3) is 0 Å². The summed E-state index contributed by atoms with van der Waals surface area (Å²) in [5, 5.41) is 0. The molecule has 28 heavy (non-hydrogen) atoms. The minimum atomic E-state index is -0.510. The normalized spacial score (nSPS) is 24.4. The molecular weight excluding hydrogens is 362 g/mol. The first-order chi connectivity index (χ1) is 13.2. The summed E-state index contributed by atoms with van der Waals surface area (Å²) in [5.41, 5.74) is -0.510. The van der Waals surface area contributed by atoms with E-state index < -0.39 is 5.60 Å². The van der Waals surface area contributed by atoms with Gasteiger partial charge in [-0.25, -0.2) is 4.79 Å². The van der Waals surface area contributed by atoms with Crippen molar-refractivity contribution in [2.24, 2.45) is 5.92 Å². The van der Waals surface area contributed by atoms with Crippen molar-refractivity contribution >= 4 is 17.9 Å². The van der Waals surface area contributed by atoms with Crippen molar-refractivity contribution in [1.82, 2.24) is 14.7 Å². The maximum Gasteiger partial charge on any atom is 0.410 e. The molecule has 0 saturated carbocycles. The van der Waals surface area contributed by atoms with E-state index in [9.17, 15) is 14.4 Å². The van der Waals surface area contributed by atoms with Gasteiger partial charge in [0.15, 0.2) is 0 Å². The van der Waals surface area contributed by atoms with Crippen LogP contribution in [0.5, 0.6) is 0 Å². The minimum Gasteiger partial charge on any atom is -0.444 e. The van der Waals surface area contributed by atoms with Gasteiger partial charge in [-0.1, -0.05) is 0 Å². The maximum atomic E-state index is 12.9. The lowest BCUT2D eigenvalue weighted by Gasteiger charge is -2.39. The van der Waals surface area contributed by atoms with Crippen LogP contribution in [0.1, 0.15) is 46.5 Å². The smallest absolute Gasteiger partial charge is 0.410 e. The molecule has 3 aliphatic heterocycles. The Morgan fingerprint density at radius 2 is 1.39 bits per heavy atom. The minimum absolute atomic E-state index is 0.0564. The standard InChI is InChI=1S/C20H33N3O5/c1-20(2,3)28-19(26)23-8-6-15(7-9-23)17(24)21-10-12-22(13-11-21)18(25)16-5-4-14-27-16/h15-16H,4-14H2,1-3H3. The van der Waals surface area contributed by atoms with Crippen LogP contribution in [-0.4, -0.2) is 90.2 Å². The molecule has 3 fully saturated rings. The van der Waals surface area contributed by atoms with Gasteiger partial charge in [0.05, 0.1) is 0 Å². The molecule has 1 atom stereocenters. The molecule has 3 saturated heterocycles. The van der Waals surface area contributed by atoms with Gasteiger partial charge >= 0.3 is 6.09 Å². The largest absolute Gasteiger partial charge is 0.444 e. The number of likely N-dealkylation sites (tertiary alicyclic amines) is 1. The van der Waals surface area contributed by atoms with E-state index in [4.69, 9.17) is 9.47 Å². The van der Waals surface area contributed by atoms with Gasteiger partial charge in [-0.15, -0.1) is 0 Å². The molecule has 3 heterocycles. The average Bonchev–Trinajstić information content (AvgIpc) is 3.20. The monoisotopic (exact) mass is 395 g/mol. The SMILES string of the molecule is CC(C)(C)OC(=O)N1CCC(C(=O)N2CCN(C(=O)C3CCCO3)CC2)CC1. The second kappa shape index (κ2) is 8.68. The van der Waals surface area contributed by atoms with Crippen LogP contribution in [0.3, 0.4) is 0 Å². The molecule has 0 aromatic carbocycles. The summed E-state index contributed by atoms with van der Waals surface area (Å²) in [6, 6.07) is 0. The van der Waals surface area contributed by atoms with E-state index in [1.54, 1.807) is 4.90 Å². The average molecular weight is 396 g/mol. The summed E-state index contributed by atoms with van der Waals surface area (Å²) in [5.74, 6) is 0.155. The van der Waals surface area contributed by atoms with E-state index in [-0.39, 0.29) is 29.9 Å². The number of hydrogen-bond acceptors (Lipinski definition) is 5. The van der Waals surface area contributed by atoms with Crippen LogP contribution in [0.2, 0.25) is 0 Å². The van der Waals surface area contributed by atoms with E-state index in [2.05, 4.69) is 0 Å². The third-order valence-corrected chi connectivity index (χ3v) is 5.60. The van der Waals surface area contributed by atoms with Gasteiger partial charge in [-0.3, -0.25) is 9.59 Å². The fourth-order valence-electron chi connectivity index (χ4n) is 4.02. The fourth-order valence-corrected chi connectivity index (χ4v) is 4.02. The summed E-state index contributed by atoms with van der Waals surface area (Å²) in [4.78, 5) is 42.8. The summed E-state index contributed by atoms with van der Waals surface area (Å²) in [7, 11) is 0. The number of amides is 3. The molecule has 1 unspecified atom stereocenters. The number of hydrogen-bond donors (Lipinski definition) is 0. The first-order valence-electron chi connectivity index (χ1n) is 10.4. The molecule has 0 spiro atoms. The molecule has 3 rings (SSSR count).